The van der Waals surface area contributed by atoms with Crippen LogP contribution in [-0.2, 0) is 23.0 Å². The minimum atomic E-state index is -3.61. The fourth-order valence-electron chi connectivity index (χ4n) is 1.74. The summed E-state index contributed by atoms with van der Waals surface area (Å²) in [5.41, 5.74) is 1.06. The summed E-state index contributed by atoms with van der Waals surface area (Å²) in [4.78, 5) is 1.34. The second-order valence-corrected chi connectivity index (χ2v) is 7.68. The zero-order valence-electron chi connectivity index (χ0n) is 10.7. The average molecular weight is 331 g/mol. The van der Waals surface area contributed by atoms with E-state index in [0.717, 1.165) is 29.4 Å². The van der Waals surface area contributed by atoms with Crippen molar-refractivity contribution in [1.82, 2.24) is 5.32 Å². The summed E-state index contributed by atoms with van der Waals surface area (Å²) in [6.07, 6.45) is 0.823. The number of benzene rings is 1. The molecule has 0 aliphatic carbocycles. The van der Waals surface area contributed by atoms with Gasteiger partial charge in [-0.25, -0.2) is 13.6 Å². The molecule has 1 aromatic heterocycles. The largest absolute Gasteiger partial charge is 0.312 e. The number of halogens is 1. The van der Waals surface area contributed by atoms with Crippen LogP contribution < -0.4 is 10.5 Å². The van der Waals surface area contributed by atoms with Crippen LogP contribution in [0.4, 0.5) is 0 Å². The molecule has 0 bridgehead atoms. The Hall–Kier alpha value is -0.920. The number of nitrogens with one attached hydrogen (secondary N) is 1. The van der Waals surface area contributed by atoms with E-state index in [9.17, 15) is 8.42 Å². The summed E-state index contributed by atoms with van der Waals surface area (Å²) in [6.45, 7) is 1.59. The minimum absolute atomic E-state index is 0.141. The zero-order chi connectivity index (χ0) is 14.6. The molecule has 0 aliphatic heterocycles. The first kappa shape index (κ1) is 15.5. The number of thiophene rings is 1. The molecule has 0 amide bonds. The molecule has 4 nitrogen and oxygen atoms in total. The van der Waals surface area contributed by atoms with Gasteiger partial charge in [-0.3, -0.25) is 0 Å². The molecule has 0 fully saturated rings. The van der Waals surface area contributed by atoms with Crippen molar-refractivity contribution >= 4 is 33.0 Å². The highest BCUT2D eigenvalue weighted by Crippen LogP contribution is 2.20. The molecular weight excluding hydrogens is 316 g/mol. The third kappa shape index (κ3) is 4.57. The molecule has 1 heterocycles. The van der Waals surface area contributed by atoms with Gasteiger partial charge < -0.3 is 5.32 Å². The predicted octanol–water partition coefficient (Wildman–Crippen LogP) is 2.38. The third-order valence-electron chi connectivity index (χ3n) is 2.77. The zero-order valence-corrected chi connectivity index (χ0v) is 13.1. The Morgan fingerprint density at radius 3 is 2.40 bits per heavy atom. The van der Waals surface area contributed by atoms with Crippen LogP contribution in [0, 0.1) is 0 Å². The first-order valence-corrected chi connectivity index (χ1v) is 8.76. The molecule has 0 atom stereocenters. The summed E-state index contributed by atoms with van der Waals surface area (Å²) < 4.78 is 23.0. The lowest BCUT2D eigenvalue weighted by Crippen LogP contribution is -2.16. The van der Waals surface area contributed by atoms with E-state index in [1.165, 1.54) is 17.0 Å². The highest BCUT2D eigenvalue weighted by Gasteiger charge is 2.06. The standard InChI is InChI=1S/C13H15ClN2O2S2/c14-13-6-3-11(19-13)9-16-8-7-10-1-4-12(5-2-10)20(15,17)18/h1-6,16H,7-9H2,(H2,15,17,18). The molecule has 1 aromatic carbocycles. The number of primary sulfonamides is 1. The molecule has 0 unspecified atom stereocenters. The second kappa shape index (κ2) is 6.69. The monoisotopic (exact) mass is 330 g/mol. The molecule has 2 aromatic rings. The maximum Gasteiger partial charge on any atom is 0.238 e. The fraction of sp³-hybridized carbons (Fsp3) is 0.231. The highest BCUT2D eigenvalue weighted by atomic mass is 35.5. The van der Waals surface area contributed by atoms with Crippen LogP contribution in [0.15, 0.2) is 41.3 Å². The Labute approximate surface area is 127 Å². The molecule has 0 saturated carbocycles. The van der Waals surface area contributed by atoms with Crippen LogP contribution in [0.1, 0.15) is 10.4 Å². The van der Waals surface area contributed by atoms with Crippen LogP contribution in [0.25, 0.3) is 0 Å². The fourth-order valence-corrected chi connectivity index (χ4v) is 3.31. The SMILES string of the molecule is NS(=O)(=O)c1ccc(CCNCc2ccc(Cl)s2)cc1. The predicted molar refractivity (Wildman–Crippen MR) is 82.6 cm³/mol. The molecule has 0 saturated heterocycles. The smallest absolute Gasteiger partial charge is 0.238 e. The van der Waals surface area contributed by atoms with Crippen molar-refractivity contribution in [1.29, 1.82) is 0 Å². The summed E-state index contributed by atoms with van der Waals surface area (Å²) >= 11 is 7.41. The van der Waals surface area contributed by atoms with Crippen LogP contribution >= 0.6 is 22.9 Å². The average Bonchev–Trinajstić information content (AvgIpc) is 2.80. The first-order chi connectivity index (χ1) is 9.45. The van der Waals surface area contributed by atoms with Crippen molar-refractivity contribution in [3.63, 3.8) is 0 Å². The van der Waals surface area contributed by atoms with Crippen LogP contribution in [0.5, 0.6) is 0 Å². The normalized spacial score (nSPS) is 11.7. The van der Waals surface area contributed by atoms with Crippen molar-refractivity contribution in [3.05, 3.63) is 51.2 Å². The minimum Gasteiger partial charge on any atom is -0.312 e. The van der Waals surface area contributed by atoms with E-state index in [0.29, 0.717) is 0 Å². The van der Waals surface area contributed by atoms with E-state index in [2.05, 4.69) is 5.32 Å². The number of rotatable bonds is 6. The van der Waals surface area contributed by atoms with Gasteiger partial charge in [-0.1, -0.05) is 23.7 Å². The van der Waals surface area contributed by atoms with Gasteiger partial charge in [0, 0.05) is 11.4 Å². The molecule has 108 valence electrons. The van der Waals surface area contributed by atoms with Gasteiger partial charge in [0.15, 0.2) is 0 Å². The number of hydrogen-bond acceptors (Lipinski definition) is 4. The molecule has 0 aliphatic rings. The van der Waals surface area contributed by atoms with Crippen LogP contribution in [0.2, 0.25) is 4.34 Å². The van der Waals surface area contributed by atoms with E-state index >= 15 is 0 Å². The van der Waals surface area contributed by atoms with E-state index in [4.69, 9.17) is 16.7 Å². The molecule has 7 heteroatoms. The Balaban J connectivity index is 1.80. The van der Waals surface area contributed by atoms with Crippen molar-refractivity contribution in [3.8, 4) is 0 Å². The van der Waals surface area contributed by atoms with Gasteiger partial charge in [0.2, 0.25) is 10.0 Å². The van der Waals surface area contributed by atoms with Gasteiger partial charge in [0.05, 0.1) is 9.23 Å². The maximum atomic E-state index is 11.1. The number of nitrogens with two attached hydrogens (primary N) is 1. The Bertz CT molecular complexity index is 666. The van der Waals surface area contributed by atoms with Gasteiger partial charge in [0.25, 0.3) is 0 Å². The summed E-state index contributed by atoms with van der Waals surface area (Å²) in [7, 11) is -3.61. The molecule has 0 spiro atoms. The lowest BCUT2D eigenvalue weighted by molar-refractivity contribution is 0.597. The Morgan fingerprint density at radius 1 is 1.15 bits per heavy atom. The van der Waals surface area contributed by atoms with Crippen molar-refractivity contribution in [2.75, 3.05) is 6.54 Å². The van der Waals surface area contributed by atoms with E-state index < -0.39 is 10.0 Å². The number of sulfonamides is 1. The van der Waals surface area contributed by atoms with Gasteiger partial charge in [-0.05, 0) is 42.8 Å². The number of hydrogen-bond donors (Lipinski definition) is 2. The van der Waals surface area contributed by atoms with Crippen molar-refractivity contribution in [2.45, 2.75) is 17.9 Å². The van der Waals surface area contributed by atoms with Crippen molar-refractivity contribution in [2.24, 2.45) is 5.14 Å². The van der Waals surface area contributed by atoms with E-state index in [-0.39, 0.29) is 4.90 Å². The molecule has 20 heavy (non-hydrogen) atoms. The molecular formula is C13H15ClN2O2S2. The van der Waals surface area contributed by atoms with Crippen molar-refractivity contribution < 1.29 is 8.42 Å². The van der Waals surface area contributed by atoms with Crippen LogP contribution in [-0.4, -0.2) is 15.0 Å². The molecule has 2 rings (SSSR count). The first-order valence-electron chi connectivity index (χ1n) is 6.02. The van der Waals surface area contributed by atoms with Gasteiger partial charge in [0.1, 0.15) is 0 Å². The van der Waals surface area contributed by atoms with Gasteiger partial charge in [-0.15, -0.1) is 11.3 Å². The lowest BCUT2D eigenvalue weighted by Gasteiger charge is -2.04. The Kier molecular flexibility index (Phi) is 5.17. The topological polar surface area (TPSA) is 72.2 Å². The van der Waals surface area contributed by atoms with Gasteiger partial charge >= 0.3 is 0 Å². The summed E-state index contributed by atoms with van der Waals surface area (Å²) in [6, 6.07) is 10.5. The Morgan fingerprint density at radius 2 is 1.85 bits per heavy atom. The van der Waals surface area contributed by atoms with Crippen LogP contribution in [0.3, 0.4) is 0 Å². The third-order valence-corrected chi connectivity index (χ3v) is 4.93. The summed E-state index contributed by atoms with van der Waals surface area (Å²) in [5.74, 6) is 0. The summed E-state index contributed by atoms with van der Waals surface area (Å²) in [5, 5.41) is 8.36. The van der Waals surface area contributed by atoms with E-state index in [1.54, 1.807) is 23.5 Å². The highest BCUT2D eigenvalue weighted by molar-refractivity contribution is 7.89. The maximum absolute atomic E-state index is 11.1. The molecule has 0 radical (unpaired) electrons. The second-order valence-electron chi connectivity index (χ2n) is 4.32. The quantitative estimate of drug-likeness (QED) is 0.799. The van der Waals surface area contributed by atoms with E-state index in [1.807, 2.05) is 12.1 Å². The van der Waals surface area contributed by atoms with Gasteiger partial charge in [-0.2, -0.15) is 0 Å². The molecule has 3 N–H and O–H groups in total. The lowest BCUT2D eigenvalue weighted by atomic mass is 10.1.